The Kier molecular flexibility index (Phi) is 5.52. The lowest BCUT2D eigenvalue weighted by atomic mass is 10.1. The molecule has 7 nitrogen and oxygen atoms in total. The number of hydrogen-bond acceptors (Lipinski definition) is 4. The van der Waals surface area contributed by atoms with Gasteiger partial charge in [0.05, 0.1) is 15.8 Å². The van der Waals surface area contributed by atoms with Crippen molar-refractivity contribution in [1.29, 1.82) is 0 Å². The van der Waals surface area contributed by atoms with E-state index in [0.717, 1.165) is 0 Å². The van der Waals surface area contributed by atoms with Crippen LogP contribution < -0.4 is 16.0 Å². The molecule has 2 aromatic rings. The molecule has 1 aliphatic carbocycles. The Morgan fingerprint density at radius 1 is 1.00 bits per heavy atom. The van der Waals surface area contributed by atoms with E-state index in [1.165, 1.54) is 11.3 Å². The number of hydrogen-bond donors (Lipinski definition) is 4. The van der Waals surface area contributed by atoms with Gasteiger partial charge < -0.3 is 15.7 Å². The number of para-hydroxylation sites is 1. The number of benzene rings is 1. The summed E-state index contributed by atoms with van der Waals surface area (Å²) in [5.74, 6) is -1.45. The Bertz CT molecular complexity index is 806. The summed E-state index contributed by atoms with van der Waals surface area (Å²) < 4.78 is 0. The molecule has 2 atom stereocenters. The minimum Gasteiger partial charge on any atom is -0.481 e. The van der Waals surface area contributed by atoms with Gasteiger partial charge in [0.25, 0.3) is 5.91 Å². The van der Waals surface area contributed by atoms with Crippen molar-refractivity contribution in [2.75, 3.05) is 10.6 Å². The van der Waals surface area contributed by atoms with Crippen molar-refractivity contribution in [3.63, 3.8) is 0 Å². The monoisotopic (exact) mass is 373 g/mol. The maximum Gasteiger partial charge on any atom is 0.324 e. The minimum atomic E-state index is -0.811. The van der Waals surface area contributed by atoms with Gasteiger partial charge in [-0.15, -0.1) is 11.3 Å². The van der Waals surface area contributed by atoms with Gasteiger partial charge in [-0.2, -0.15) is 0 Å². The van der Waals surface area contributed by atoms with Crippen LogP contribution in [0.25, 0.3) is 0 Å². The Hall–Kier alpha value is -2.87. The number of thiophene rings is 1. The number of urea groups is 1. The fourth-order valence-electron chi connectivity index (χ4n) is 2.92. The fraction of sp³-hybridized carbons (Fsp3) is 0.278. The van der Waals surface area contributed by atoms with Crippen molar-refractivity contribution in [2.24, 2.45) is 5.92 Å². The van der Waals surface area contributed by atoms with Crippen LogP contribution in [0.2, 0.25) is 0 Å². The lowest BCUT2D eigenvalue weighted by Crippen LogP contribution is -2.32. The maximum atomic E-state index is 12.3. The first-order valence-electron chi connectivity index (χ1n) is 8.28. The highest BCUT2D eigenvalue weighted by molar-refractivity contribution is 7.18. The number of amides is 3. The third-order valence-corrected chi connectivity index (χ3v) is 5.21. The van der Waals surface area contributed by atoms with Gasteiger partial charge in [-0.05, 0) is 43.5 Å². The average Bonchev–Trinajstić information content (AvgIpc) is 3.25. The van der Waals surface area contributed by atoms with E-state index in [-0.39, 0.29) is 23.9 Å². The first kappa shape index (κ1) is 17.9. The molecule has 1 fully saturated rings. The molecular weight excluding hydrogens is 354 g/mol. The largest absolute Gasteiger partial charge is 0.481 e. The van der Waals surface area contributed by atoms with Gasteiger partial charge in [0.1, 0.15) is 0 Å². The van der Waals surface area contributed by atoms with Crippen LogP contribution in [-0.4, -0.2) is 29.1 Å². The highest BCUT2D eigenvalue weighted by Crippen LogP contribution is 2.27. The van der Waals surface area contributed by atoms with Crippen LogP contribution in [-0.2, 0) is 4.79 Å². The molecule has 0 bridgehead atoms. The van der Waals surface area contributed by atoms with E-state index < -0.39 is 5.97 Å². The summed E-state index contributed by atoms with van der Waals surface area (Å²) in [6, 6.07) is 11.9. The van der Waals surface area contributed by atoms with Crippen molar-refractivity contribution < 1.29 is 19.5 Å². The van der Waals surface area contributed by atoms with E-state index in [0.29, 0.717) is 34.8 Å². The highest BCUT2D eigenvalue weighted by Gasteiger charge is 2.30. The van der Waals surface area contributed by atoms with Gasteiger partial charge in [-0.1, -0.05) is 18.2 Å². The van der Waals surface area contributed by atoms with E-state index in [1.807, 2.05) is 18.2 Å². The summed E-state index contributed by atoms with van der Waals surface area (Å²) in [6.45, 7) is 0. The second-order valence-electron chi connectivity index (χ2n) is 6.13. The van der Waals surface area contributed by atoms with E-state index in [9.17, 15) is 14.4 Å². The van der Waals surface area contributed by atoms with Crippen LogP contribution in [0.5, 0.6) is 0 Å². The predicted octanol–water partition coefficient (Wildman–Crippen LogP) is 3.38. The summed E-state index contributed by atoms with van der Waals surface area (Å²) in [7, 11) is 0. The number of carboxylic acids is 1. The zero-order chi connectivity index (χ0) is 18.5. The topological polar surface area (TPSA) is 108 Å². The molecule has 3 amide bonds. The number of carbonyl (C=O) groups is 3. The Balaban J connectivity index is 1.52. The summed E-state index contributed by atoms with van der Waals surface area (Å²) in [5, 5.41) is 17.8. The third-order valence-electron chi connectivity index (χ3n) is 4.22. The molecular formula is C18H19N3O4S. The quantitative estimate of drug-likeness (QED) is 0.644. The van der Waals surface area contributed by atoms with E-state index in [4.69, 9.17) is 5.11 Å². The van der Waals surface area contributed by atoms with Crippen molar-refractivity contribution in [2.45, 2.75) is 25.3 Å². The third kappa shape index (κ3) is 4.60. The molecule has 4 N–H and O–H groups in total. The first-order chi connectivity index (χ1) is 12.5. The Labute approximate surface area is 154 Å². The zero-order valence-corrected chi connectivity index (χ0v) is 14.7. The molecule has 0 aliphatic heterocycles. The first-order valence-corrected chi connectivity index (χ1v) is 9.09. The van der Waals surface area contributed by atoms with Crippen molar-refractivity contribution in [3.05, 3.63) is 47.3 Å². The lowest BCUT2D eigenvalue weighted by molar-refractivity contribution is -0.141. The average molecular weight is 373 g/mol. The van der Waals surface area contributed by atoms with Gasteiger partial charge >= 0.3 is 12.0 Å². The molecule has 1 aromatic heterocycles. The molecule has 1 aromatic carbocycles. The molecule has 136 valence electrons. The van der Waals surface area contributed by atoms with Crippen molar-refractivity contribution >= 4 is 39.9 Å². The van der Waals surface area contributed by atoms with Crippen molar-refractivity contribution in [1.82, 2.24) is 5.32 Å². The Morgan fingerprint density at radius 2 is 1.77 bits per heavy atom. The molecule has 0 saturated heterocycles. The molecule has 8 heteroatoms. The van der Waals surface area contributed by atoms with Crippen LogP contribution in [0, 0.1) is 5.92 Å². The Morgan fingerprint density at radius 3 is 2.46 bits per heavy atom. The van der Waals surface area contributed by atoms with Gasteiger partial charge in [0, 0.05) is 11.7 Å². The minimum absolute atomic E-state index is 0.122. The molecule has 1 saturated carbocycles. The second-order valence-corrected chi connectivity index (χ2v) is 7.21. The van der Waals surface area contributed by atoms with Crippen LogP contribution in [0.15, 0.2) is 42.5 Å². The second kappa shape index (κ2) is 8.01. The maximum absolute atomic E-state index is 12.3. The fourth-order valence-corrected chi connectivity index (χ4v) is 3.72. The number of carbonyl (C=O) groups excluding carboxylic acids is 2. The molecule has 0 radical (unpaired) electrons. The number of anilines is 2. The standard InChI is InChI=1S/C18H19N3O4S/c22-16(19-13-7-6-11(10-13)17(23)24)14-8-9-15(26-14)21-18(25)20-12-4-2-1-3-5-12/h1-5,8-9,11,13H,6-7,10H2,(H,19,22)(H,23,24)(H2,20,21,25)/t11-,13+/m1/s1. The SMILES string of the molecule is O=C(Nc1ccccc1)Nc1ccc(C(=O)N[C@H]2CC[C@@H](C(=O)O)C2)s1. The highest BCUT2D eigenvalue weighted by atomic mass is 32.1. The molecule has 1 aliphatic rings. The summed E-state index contributed by atoms with van der Waals surface area (Å²) in [4.78, 5) is 35.7. The number of nitrogens with one attached hydrogen (secondary N) is 3. The van der Waals surface area contributed by atoms with Gasteiger partial charge in [-0.25, -0.2) is 4.79 Å². The van der Waals surface area contributed by atoms with E-state index in [2.05, 4.69) is 16.0 Å². The molecule has 0 unspecified atom stereocenters. The van der Waals surface area contributed by atoms with Crippen molar-refractivity contribution in [3.8, 4) is 0 Å². The predicted molar refractivity (Wildman–Crippen MR) is 99.6 cm³/mol. The molecule has 3 rings (SSSR count). The smallest absolute Gasteiger partial charge is 0.324 e. The molecule has 1 heterocycles. The van der Waals surface area contributed by atoms with E-state index >= 15 is 0 Å². The number of rotatable bonds is 5. The summed E-state index contributed by atoms with van der Waals surface area (Å²) in [6.07, 6.45) is 1.70. The summed E-state index contributed by atoms with van der Waals surface area (Å²) in [5.41, 5.74) is 0.675. The lowest BCUT2D eigenvalue weighted by Gasteiger charge is -2.11. The van der Waals surface area contributed by atoms with Gasteiger partial charge in [0.15, 0.2) is 0 Å². The van der Waals surface area contributed by atoms with Gasteiger partial charge in [0.2, 0.25) is 0 Å². The van der Waals surface area contributed by atoms with Crippen LogP contribution in [0.1, 0.15) is 28.9 Å². The van der Waals surface area contributed by atoms with Crippen LogP contribution in [0.4, 0.5) is 15.5 Å². The molecule has 26 heavy (non-hydrogen) atoms. The number of carboxylic acid groups (broad SMARTS) is 1. The normalized spacial score (nSPS) is 18.9. The number of aliphatic carboxylic acids is 1. The van der Waals surface area contributed by atoms with Gasteiger partial charge in [-0.3, -0.25) is 14.9 Å². The van der Waals surface area contributed by atoms with Crippen LogP contribution >= 0.6 is 11.3 Å². The summed E-state index contributed by atoms with van der Waals surface area (Å²) >= 11 is 1.17. The van der Waals surface area contributed by atoms with Crippen LogP contribution in [0.3, 0.4) is 0 Å². The molecule has 0 spiro atoms. The van der Waals surface area contributed by atoms with E-state index in [1.54, 1.807) is 24.3 Å². The zero-order valence-electron chi connectivity index (χ0n) is 13.9.